The van der Waals surface area contributed by atoms with E-state index in [4.69, 9.17) is 12.2 Å². The van der Waals surface area contributed by atoms with Crippen LogP contribution in [0.15, 0.2) is 18.2 Å². The lowest BCUT2D eigenvalue weighted by molar-refractivity contribution is 0.0942. The zero-order valence-corrected chi connectivity index (χ0v) is 14.6. The van der Waals surface area contributed by atoms with Crippen LogP contribution in [0.2, 0.25) is 0 Å². The number of hydrogen-bond donors (Lipinski definition) is 3. The van der Waals surface area contributed by atoms with Gasteiger partial charge in [0.2, 0.25) is 0 Å². The number of carbonyl (C=O) groups is 1. The molecule has 1 aromatic rings. The number of carbonyl (C=O) groups excluding carboxylic acids is 1. The van der Waals surface area contributed by atoms with Gasteiger partial charge in [-0.2, -0.15) is 0 Å². The minimum Gasteiger partial charge on any atom is -0.358 e. The summed E-state index contributed by atoms with van der Waals surface area (Å²) in [6, 6.07) is 4.68. The van der Waals surface area contributed by atoms with Crippen molar-refractivity contribution in [2.24, 2.45) is 11.8 Å². The highest BCUT2D eigenvalue weighted by atomic mass is 32.1. The van der Waals surface area contributed by atoms with Crippen molar-refractivity contribution in [1.29, 1.82) is 0 Å². The predicted octanol–water partition coefficient (Wildman–Crippen LogP) is 3.07. The van der Waals surface area contributed by atoms with Gasteiger partial charge in [0.1, 0.15) is 5.82 Å². The SMILES string of the molecule is Cc1ccc(C(=O)NNC(=S)N[C@H]2CCC[C@@H](C)[C@@H]2C)cc1F. The summed E-state index contributed by atoms with van der Waals surface area (Å²) >= 11 is 5.23. The second-order valence-electron chi connectivity index (χ2n) is 6.39. The number of thiocarbonyl (C=S) groups is 1. The second kappa shape index (κ2) is 7.73. The number of hydrogen-bond acceptors (Lipinski definition) is 2. The number of hydrazine groups is 1. The molecule has 0 heterocycles. The summed E-state index contributed by atoms with van der Waals surface area (Å²) in [5.74, 6) is 0.376. The third-order valence-corrected chi connectivity index (χ3v) is 4.97. The van der Waals surface area contributed by atoms with Crippen LogP contribution in [0.4, 0.5) is 4.39 Å². The van der Waals surface area contributed by atoms with Crippen molar-refractivity contribution >= 4 is 23.2 Å². The molecule has 6 heteroatoms. The largest absolute Gasteiger partial charge is 0.358 e. The van der Waals surface area contributed by atoms with E-state index in [2.05, 4.69) is 30.0 Å². The van der Waals surface area contributed by atoms with Gasteiger partial charge in [-0.05, 0) is 55.1 Å². The van der Waals surface area contributed by atoms with Crippen LogP contribution >= 0.6 is 12.2 Å². The number of halogens is 1. The zero-order chi connectivity index (χ0) is 17.0. The van der Waals surface area contributed by atoms with Crippen LogP contribution in [-0.2, 0) is 0 Å². The second-order valence-corrected chi connectivity index (χ2v) is 6.80. The molecular formula is C17H24FN3OS. The van der Waals surface area contributed by atoms with Gasteiger partial charge in [0, 0.05) is 11.6 Å². The van der Waals surface area contributed by atoms with E-state index in [1.54, 1.807) is 19.1 Å². The van der Waals surface area contributed by atoms with Crippen molar-refractivity contribution in [2.45, 2.75) is 46.1 Å². The summed E-state index contributed by atoms with van der Waals surface area (Å²) < 4.78 is 13.5. The van der Waals surface area contributed by atoms with Gasteiger partial charge in [-0.15, -0.1) is 0 Å². The fraction of sp³-hybridized carbons (Fsp3) is 0.529. The molecule has 3 N–H and O–H groups in total. The van der Waals surface area contributed by atoms with Crippen LogP contribution in [0.25, 0.3) is 0 Å². The molecule has 0 unspecified atom stereocenters. The predicted molar refractivity (Wildman–Crippen MR) is 93.4 cm³/mol. The summed E-state index contributed by atoms with van der Waals surface area (Å²) in [5.41, 5.74) is 5.96. The first-order valence-corrected chi connectivity index (χ1v) is 8.42. The molecule has 126 valence electrons. The molecule has 1 aromatic carbocycles. The van der Waals surface area contributed by atoms with E-state index in [0.717, 1.165) is 6.42 Å². The average molecular weight is 337 g/mol. The molecule has 0 bridgehead atoms. The molecule has 3 atom stereocenters. The summed E-state index contributed by atoms with van der Waals surface area (Å²) in [4.78, 5) is 12.0. The monoisotopic (exact) mass is 337 g/mol. The quantitative estimate of drug-likeness (QED) is 0.573. The molecule has 1 aliphatic rings. The molecule has 4 nitrogen and oxygen atoms in total. The first kappa shape index (κ1) is 17.7. The molecule has 1 aliphatic carbocycles. The van der Waals surface area contributed by atoms with Gasteiger partial charge in [-0.25, -0.2) is 4.39 Å². The Morgan fingerprint density at radius 2 is 2.00 bits per heavy atom. The van der Waals surface area contributed by atoms with Gasteiger partial charge >= 0.3 is 0 Å². The Hall–Kier alpha value is -1.69. The first-order valence-electron chi connectivity index (χ1n) is 8.01. The molecule has 0 saturated heterocycles. The fourth-order valence-corrected chi connectivity index (χ4v) is 3.11. The molecule has 0 aliphatic heterocycles. The van der Waals surface area contributed by atoms with Crippen molar-refractivity contribution in [3.8, 4) is 0 Å². The average Bonchev–Trinajstić information content (AvgIpc) is 2.52. The summed E-state index contributed by atoms with van der Waals surface area (Å²) in [6.45, 7) is 6.13. The van der Waals surface area contributed by atoms with Crippen LogP contribution in [0, 0.1) is 24.6 Å². The maximum atomic E-state index is 13.5. The Morgan fingerprint density at radius 3 is 2.70 bits per heavy atom. The van der Waals surface area contributed by atoms with E-state index in [1.165, 1.54) is 18.9 Å². The third-order valence-electron chi connectivity index (χ3n) is 4.75. The maximum Gasteiger partial charge on any atom is 0.269 e. The summed E-state index contributed by atoms with van der Waals surface area (Å²) in [5, 5.41) is 3.64. The standard InChI is InChI=1S/C17H24FN3OS/c1-10-5-4-6-15(12(10)3)19-17(23)21-20-16(22)13-8-7-11(2)14(18)9-13/h7-10,12,15H,4-6H2,1-3H3,(H,20,22)(H2,19,21,23)/t10-,12+,15+/m1/s1. The van der Waals surface area contributed by atoms with Crippen molar-refractivity contribution in [3.63, 3.8) is 0 Å². The maximum absolute atomic E-state index is 13.5. The van der Waals surface area contributed by atoms with Crippen molar-refractivity contribution in [2.75, 3.05) is 0 Å². The van der Waals surface area contributed by atoms with Crippen LogP contribution in [0.3, 0.4) is 0 Å². The van der Waals surface area contributed by atoms with E-state index in [0.29, 0.717) is 28.6 Å². The van der Waals surface area contributed by atoms with Gasteiger partial charge in [-0.1, -0.05) is 32.8 Å². The van der Waals surface area contributed by atoms with Gasteiger partial charge in [0.05, 0.1) is 0 Å². The Bertz CT molecular complexity index is 593. The van der Waals surface area contributed by atoms with E-state index in [9.17, 15) is 9.18 Å². The van der Waals surface area contributed by atoms with E-state index >= 15 is 0 Å². The fourth-order valence-electron chi connectivity index (χ4n) is 2.91. The van der Waals surface area contributed by atoms with Crippen LogP contribution in [-0.4, -0.2) is 17.1 Å². The molecule has 0 aromatic heterocycles. The minimum atomic E-state index is -0.418. The Balaban J connectivity index is 1.84. The van der Waals surface area contributed by atoms with Crippen molar-refractivity contribution in [3.05, 3.63) is 35.1 Å². The highest BCUT2D eigenvalue weighted by molar-refractivity contribution is 7.80. The summed E-state index contributed by atoms with van der Waals surface area (Å²) in [6.07, 6.45) is 3.50. The number of nitrogens with one attached hydrogen (secondary N) is 3. The van der Waals surface area contributed by atoms with E-state index in [-0.39, 0.29) is 5.56 Å². The molecule has 1 amide bonds. The van der Waals surface area contributed by atoms with Gasteiger partial charge in [0.25, 0.3) is 5.91 Å². The first-order chi connectivity index (χ1) is 10.9. The lowest BCUT2D eigenvalue weighted by atomic mass is 9.78. The van der Waals surface area contributed by atoms with Gasteiger partial charge < -0.3 is 5.32 Å². The lowest BCUT2D eigenvalue weighted by Crippen LogP contribution is -2.52. The van der Waals surface area contributed by atoms with Crippen LogP contribution in [0.5, 0.6) is 0 Å². The van der Waals surface area contributed by atoms with Crippen LogP contribution in [0.1, 0.15) is 49.0 Å². The van der Waals surface area contributed by atoms with Crippen LogP contribution < -0.4 is 16.2 Å². The normalized spacial score (nSPS) is 23.9. The smallest absolute Gasteiger partial charge is 0.269 e. The molecule has 0 radical (unpaired) electrons. The molecule has 1 saturated carbocycles. The highest BCUT2D eigenvalue weighted by Crippen LogP contribution is 2.29. The lowest BCUT2D eigenvalue weighted by Gasteiger charge is -2.35. The highest BCUT2D eigenvalue weighted by Gasteiger charge is 2.27. The topological polar surface area (TPSA) is 53.2 Å². The zero-order valence-electron chi connectivity index (χ0n) is 13.8. The number of amides is 1. The molecule has 0 spiro atoms. The summed E-state index contributed by atoms with van der Waals surface area (Å²) in [7, 11) is 0. The van der Waals surface area contributed by atoms with E-state index in [1.807, 2.05) is 0 Å². The minimum absolute atomic E-state index is 0.253. The van der Waals surface area contributed by atoms with Gasteiger partial charge in [-0.3, -0.25) is 15.6 Å². The number of aryl methyl sites for hydroxylation is 1. The molecule has 1 fully saturated rings. The van der Waals surface area contributed by atoms with Crippen molar-refractivity contribution in [1.82, 2.24) is 16.2 Å². The number of rotatable bonds is 2. The van der Waals surface area contributed by atoms with Crippen molar-refractivity contribution < 1.29 is 9.18 Å². The molecular weight excluding hydrogens is 313 g/mol. The Morgan fingerprint density at radius 1 is 1.26 bits per heavy atom. The van der Waals surface area contributed by atoms with Gasteiger partial charge in [0.15, 0.2) is 5.11 Å². The molecule has 2 rings (SSSR count). The van der Waals surface area contributed by atoms with E-state index < -0.39 is 11.7 Å². The third kappa shape index (κ3) is 4.64. The Kier molecular flexibility index (Phi) is 5.93. The Labute approximate surface area is 142 Å². The number of benzene rings is 1. The molecule has 23 heavy (non-hydrogen) atoms.